The third-order valence-corrected chi connectivity index (χ3v) is 3.25. The maximum Gasteiger partial charge on any atom is 0.270 e. The van der Waals surface area contributed by atoms with E-state index in [2.05, 4.69) is 11.4 Å². The van der Waals surface area contributed by atoms with E-state index in [4.69, 9.17) is 0 Å². The predicted octanol–water partition coefficient (Wildman–Crippen LogP) is 2.61. The van der Waals surface area contributed by atoms with E-state index in [0.717, 1.165) is 36.8 Å². The van der Waals surface area contributed by atoms with Gasteiger partial charge in [-0.3, -0.25) is 4.79 Å². The maximum absolute atomic E-state index is 12.3. The number of aromatic nitrogens is 1. The number of para-hydroxylation sites is 1. The van der Waals surface area contributed by atoms with Crippen molar-refractivity contribution >= 4 is 16.8 Å². The van der Waals surface area contributed by atoms with Gasteiger partial charge in [0.05, 0.1) is 0 Å². The predicted molar refractivity (Wildman–Crippen MR) is 67.7 cm³/mol. The van der Waals surface area contributed by atoms with Crippen molar-refractivity contribution in [1.82, 2.24) is 9.88 Å². The number of hydrogen-bond acceptors (Lipinski definition) is 1. The highest BCUT2D eigenvalue weighted by atomic mass is 16.2. The SMILES string of the molecule is O=C(c1cc2ccccc2[nH]1)N1CC[CH]CC1. The molecule has 1 aromatic carbocycles. The zero-order valence-electron chi connectivity index (χ0n) is 9.65. The molecule has 1 aliphatic rings. The van der Waals surface area contributed by atoms with Crippen LogP contribution in [0.15, 0.2) is 30.3 Å². The van der Waals surface area contributed by atoms with Crippen molar-refractivity contribution in [2.24, 2.45) is 0 Å². The van der Waals surface area contributed by atoms with Crippen LogP contribution >= 0.6 is 0 Å². The third kappa shape index (κ3) is 1.93. The summed E-state index contributed by atoms with van der Waals surface area (Å²) in [5, 5.41) is 1.10. The Morgan fingerprint density at radius 3 is 2.71 bits per heavy atom. The number of benzene rings is 1. The van der Waals surface area contributed by atoms with E-state index in [-0.39, 0.29) is 5.91 Å². The molecule has 17 heavy (non-hydrogen) atoms. The molecule has 1 fully saturated rings. The van der Waals surface area contributed by atoms with E-state index >= 15 is 0 Å². The largest absolute Gasteiger partial charge is 0.351 e. The molecule has 3 nitrogen and oxygen atoms in total. The summed E-state index contributed by atoms with van der Waals surface area (Å²) in [5.41, 5.74) is 1.73. The van der Waals surface area contributed by atoms with Gasteiger partial charge < -0.3 is 9.88 Å². The van der Waals surface area contributed by atoms with Crippen molar-refractivity contribution in [3.8, 4) is 0 Å². The molecule has 0 aliphatic carbocycles. The number of fused-ring (bicyclic) bond motifs is 1. The Kier molecular flexibility index (Phi) is 2.59. The normalized spacial score (nSPS) is 16.4. The molecule has 87 valence electrons. The Hall–Kier alpha value is -1.77. The molecule has 0 bridgehead atoms. The van der Waals surface area contributed by atoms with Gasteiger partial charge in [-0.1, -0.05) is 18.2 Å². The zero-order valence-corrected chi connectivity index (χ0v) is 9.65. The number of amides is 1. The molecule has 0 spiro atoms. The molecule has 0 atom stereocenters. The Labute approximate surface area is 100 Å². The zero-order chi connectivity index (χ0) is 11.7. The fourth-order valence-corrected chi connectivity index (χ4v) is 2.31. The highest BCUT2D eigenvalue weighted by Gasteiger charge is 2.19. The summed E-state index contributed by atoms with van der Waals surface area (Å²) >= 11 is 0. The van der Waals surface area contributed by atoms with E-state index in [0.29, 0.717) is 5.69 Å². The van der Waals surface area contributed by atoms with Crippen LogP contribution in [0.5, 0.6) is 0 Å². The van der Waals surface area contributed by atoms with Gasteiger partial charge in [-0.25, -0.2) is 0 Å². The van der Waals surface area contributed by atoms with Gasteiger partial charge in [0.1, 0.15) is 5.69 Å². The molecule has 1 amide bonds. The fraction of sp³-hybridized carbons (Fsp3) is 0.286. The first-order valence-electron chi connectivity index (χ1n) is 6.03. The molecule has 0 unspecified atom stereocenters. The van der Waals surface area contributed by atoms with Gasteiger partial charge in [0.2, 0.25) is 0 Å². The van der Waals surface area contributed by atoms with Gasteiger partial charge in [0, 0.05) is 24.0 Å². The number of hydrogen-bond donors (Lipinski definition) is 1. The Morgan fingerprint density at radius 1 is 1.18 bits per heavy atom. The van der Waals surface area contributed by atoms with Crippen molar-refractivity contribution in [3.63, 3.8) is 0 Å². The minimum absolute atomic E-state index is 0.120. The van der Waals surface area contributed by atoms with Gasteiger partial charge in [-0.05, 0) is 31.4 Å². The number of piperidine rings is 1. The molecule has 3 heteroatoms. The number of carbonyl (C=O) groups excluding carboxylic acids is 1. The summed E-state index contributed by atoms with van der Waals surface area (Å²) in [6, 6.07) is 9.92. The van der Waals surface area contributed by atoms with Crippen LogP contribution < -0.4 is 0 Å². The molecular formula is C14H15N2O. The Balaban J connectivity index is 1.89. The molecule has 1 aliphatic heterocycles. The van der Waals surface area contributed by atoms with Crippen LogP contribution in [0.1, 0.15) is 23.3 Å². The summed E-state index contributed by atoms with van der Waals surface area (Å²) in [4.78, 5) is 17.4. The van der Waals surface area contributed by atoms with Gasteiger partial charge in [-0.2, -0.15) is 0 Å². The number of rotatable bonds is 1. The topological polar surface area (TPSA) is 36.1 Å². The Bertz CT molecular complexity index is 505. The highest BCUT2D eigenvalue weighted by molar-refractivity contribution is 5.98. The van der Waals surface area contributed by atoms with Crippen molar-refractivity contribution in [2.75, 3.05) is 13.1 Å². The van der Waals surface area contributed by atoms with Gasteiger partial charge >= 0.3 is 0 Å². The number of nitrogens with one attached hydrogen (secondary N) is 1. The second-order valence-corrected chi connectivity index (χ2v) is 4.43. The second kappa shape index (κ2) is 4.24. The first kappa shape index (κ1) is 10.4. The van der Waals surface area contributed by atoms with Crippen LogP contribution in [-0.2, 0) is 0 Å². The van der Waals surface area contributed by atoms with E-state index in [1.807, 2.05) is 35.2 Å². The van der Waals surface area contributed by atoms with Crippen molar-refractivity contribution in [1.29, 1.82) is 0 Å². The number of carbonyl (C=O) groups is 1. The summed E-state index contributed by atoms with van der Waals surface area (Å²) < 4.78 is 0. The summed E-state index contributed by atoms with van der Waals surface area (Å²) in [5.74, 6) is 0.120. The fourth-order valence-electron chi connectivity index (χ4n) is 2.31. The molecular weight excluding hydrogens is 212 g/mol. The Morgan fingerprint density at radius 2 is 1.94 bits per heavy atom. The van der Waals surface area contributed by atoms with Gasteiger partial charge in [-0.15, -0.1) is 0 Å². The lowest BCUT2D eigenvalue weighted by Crippen LogP contribution is -2.35. The lowest BCUT2D eigenvalue weighted by atomic mass is 10.1. The summed E-state index contributed by atoms with van der Waals surface area (Å²) in [6.45, 7) is 1.68. The molecule has 1 aromatic heterocycles. The maximum atomic E-state index is 12.3. The molecule has 0 saturated carbocycles. The summed E-state index contributed by atoms with van der Waals surface area (Å²) in [7, 11) is 0. The van der Waals surface area contributed by atoms with Crippen molar-refractivity contribution in [2.45, 2.75) is 12.8 Å². The number of likely N-dealkylation sites (tertiary alicyclic amines) is 1. The standard InChI is InChI=1S/C14H15N2O/c17-14(16-8-4-1-5-9-16)13-10-11-6-2-3-7-12(11)15-13/h1-3,6-7,10,15H,4-5,8-9H2. The molecule has 2 heterocycles. The third-order valence-electron chi connectivity index (χ3n) is 3.25. The lowest BCUT2D eigenvalue weighted by Gasteiger charge is -2.25. The van der Waals surface area contributed by atoms with E-state index < -0.39 is 0 Å². The van der Waals surface area contributed by atoms with Crippen LogP contribution in [0.2, 0.25) is 0 Å². The highest BCUT2D eigenvalue weighted by Crippen LogP contribution is 2.17. The van der Waals surface area contributed by atoms with E-state index in [1.165, 1.54) is 0 Å². The average molecular weight is 227 g/mol. The minimum atomic E-state index is 0.120. The second-order valence-electron chi connectivity index (χ2n) is 4.43. The number of nitrogens with zero attached hydrogens (tertiary/aromatic N) is 1. The molecule has 1 N–H and O–H groups in total. The van der Waals surface area contributed by atoms with Crippen LogP contribution in [0.3, 0.4) is 0 Å². The first-order chi connectivity index (χ1) is 8.34. The van der Waals surface area contributed by atoms with Gasteiger partial charge in [0.25, 0.3) is 5.91 Å². The molecule has 2 aromatic rings. The van der Waals surface area contributed by atoms with Crippen LogP contribution in [0.4, 0.5) is 0 Å². The average Bonchev–Trinajstić information content (AvgIpc) is 2.82. The van der Waals surface area contributed by atoms with E-state index in [9.17, 15) is 4.79 Å². The van der Waals surface area contributed by atoms with E-state index in [1.54, 1.807) is 0 Å². The molecule has 1 saturated heterocycles. The first-order valence-corrected chi connectivity index (χ1v) is 6.03. The van der Waals surface area contributed by atoms with Crippen LogP contribution in [0.25, 0.3) is 10.9 Å². The smallest absolute Gasteiger partial charge is 0.270 e. The van der Waals surface area contributed by atoms with Crippen LogP contribution in [-0.4, -0.2) is 28.9 Å². The molecule has 1 radical (unpaired) electrons. The minimum Gasteiger partial charge on any atom is -0.351 e. The number of aromatic amines is 1. The molecule has 3 rings (SSSR count). The lowest BCUT2D eigenvalue weighted by molar-refractivity contribution is 0.0737. The van der Waals surface area contributed by atoms with Crippen molar-refractivity contribution in [3.05, 3.63) is 42.4 Å². The number of H-pyrrole nitrogens is 1. The summed E-state index contributed by atoms with van der Waals surface area (Å²) in [6.07, 6.45) is 4.26. The quantitative estimate of drug-likeness (QED) is 0.798. The van der Waals surface area contributed by atoms with Crippen LogP contribution in [0, 0.1) is 6.42 Å². The van der Waals surface area contributed by atoms with Gasteiger partial charge in [0.15, 0.2) is 0 Å². The van der Waals surface area contributed by atoms with Crippen molar-refractivity contribution < 1.29 is 4.79 Å². The monoisotopic (exact) mass is 227 g/mol.